The minimum absolute atomic E-state index is 0.0783. The number of esters is 1. The largest absolute Gasteiger partial charge is 0.489 e. The van der Waals surface area contributed by atoms with Crippen molar-refractivity contribution >= 4 is 23.4 Å². The molecule has 0 atom stereocenters. The van der Waals surface area contributed by atoms with Gasteiger partial charge in [0, 0.05) is 63.7 Å². The average molecular weight is 739 g/mol. The molecule has 4 aromatic carbocycles. The van der Waals surface area contributed by atoms with Gasteiger partial charge < -0.3 is 43.7 Å². The first kappa shape index (κ1) is 39.9. The summed E-state index contributed by atoms with van der Waals surface area (Å²) in [5, 5.41) is 9.05. The van der Waals surface area contributed by atoms with Gasteiger partial charge in [-0.1, -0.05) is 36.4 Å². The number of piperazine rings is 2. The predicted molar refractivity (Wildman–Crippen MR) is 211 cm³/mol. The van der Waals surface area contributed by atoms with Crippen LogP contribution in [0.25, 0.3) is 0 Å². The monoisotopic (exact) mass is 738 g/mol. The molecular formula is C43H54N4O7. The number of likely N-dealkylation sites (N-methyl/N-ethyl adjacent to an activating group) is 1. The third-order valence-corrected chi connectivity index (χ3v) is 9.23. The number of benzene rings is 4. The van der Waals surface area contributed by atoms with E-state index in [1.54, 1.807) is 17.0 Å². The molecule has 2 heterocycles. The van der Waals surface area contributed by atoms with Crippen molar-refractivity contribution in [2.24, 2.45) is 0 Å². The van der Waals surface area contributed by atoms with Crippen molar-refractivity contribution in [3.8, 4) is 11.5 Å². The number of aliphatic hydroxyl groups excluding tert-OH is 1. The highest BCUT2D eigenvalue weighted by Crippen LogP contribution is 2.24. The van der Waals surface area contributed by atoms with Gasteiger partial charge in [-0.15, -0.1) is 0 Å². The topological polar surface area (TPSA) is 104 Å². The molecule has 0 spiro atoms. The quantitative estimate of drug-likeness (QED) is 0.179. The molecule has 2 fully saturated rings. The molecule has 1 amide bonds. The molecule has 0 aliphatic carbocycles. The van der Waals surface area contributed by atoms with Gasteiger partial charge in [0.2, 0.25) is 0 Å². The summed E-state index contributed by atoms with van der Waals surface area (Å²) < 4.78 is 21.8. The van der Waals surface area contributed by atoms with Crippen LogP contribution in [0.15, 0.2) is 97.1 Å². The molecule has 0 aromatic heterocycles. The highest BCUT2D eigenvalue weighted by atomic mass is 16.6. The standard InChI is InChI=1S/C24H30N2O5.C19H24N2O2/c1-24(2,3)31-23(28)26-15-13-25(14-16-26)20-9-11-21(12-10-20)30-17-18-5-7-19(8-6-18)22(27)29-4;1-20-10-12-21(13-11-20)18-6-8-19(9-7-18)23-15-17-4-2-16(14-22)3-5-17/h5-12H,13-17H2,1-4H3;2-9,22H,10-15H2,1H3. The molecule has 2 aliphatic heterocycles. The summed E-state index contributed by atoms with van der Waals surface area (Å²) >= 11 is 0. The van der Waals surface area contributed by atoms with E-state index in [2.05, 4.69) is 33.9 Å². The van der Waals surface area contributed by atoms with E-state index in [1.807, 2.05) is 93.6 Å². The zero-order chi connectivity index (χ0) is 38.5. The number of ether oxygens (including phenoxy) is 4. The number of anilines is 2. The zero-order valence-corrected chi connectivity index (χ0v) is 32.2. The average Bonchev–Trinajstić information content (AvgIpc) is 3.20. The normalized spacial score (nSPS) is 14.8. The first-order valence-corrected chi connectivity index (χ1v) is 18.5. The van der Waals surface area contributed by atoms with E-state index in [9.17, 15) is 9.59 Å². The van der Waals surface area contributed by atoms with E-state index in [4.69, 9.17) is 24.1 Å². The van der Waals surface area contributed by atoms with Gasteiger partial charge in [0.05, 0.1) is 19.3 Å². The van der Waals surface area contributed by atoms with Crippen molar-refractivity contribution in [2.45, 2.75) is 46.2 Å². The number of hydrogen-bond acceptors (Lipinski definition) is 10. The van der Waals surface area contributed by atoms with Gasteiger partial charge in [0.15, 0.2) is 0 Å². The van der Waals surface area contributed by atoms with Crippen LogP contribution in [0.3, 0.4) is 0 Å². The third-order valence-electron chi connectivity index (χ3n) is 9.23. The Morgan fingerprint density at radius 3 is 1.46 bits per heavy atom. The van der Waals surface area contributed by atoms with E-state index in [0.717, 1.165) is 73.1 Å². The summed E-state index contributed by atoms with van der Waals surface area (Å²) in [5.41, 5.74) is 5.39. The number of nitrogens with zero attached hydrogens (tertiary/aromatic N) is 4. The van der Waals surface area contributed by atoms with Gasteiger partial charge in [0.1, 0.15) is 30.3 Å². The summed E-state index contributed by atoms with van der Waals surface area (Å²) in [6.07, 6.45) is -0.254. The molecule has 11 nitrogen and oxygen atoms in total. The summed E-state index contributed by atoms with van der Waals surface area (Å²) in [5.74, 6) is 1.30. The maximum atomic E-state index is 12.2. The minimum atomic E-state index is -0.479. The lowest BCUT2D eigenvalue weighted by atomic mass is 10.1. The number of amides is 1. The summed E-state index contributed by atoms with van der Waals surface area (Å²) in [6.45, 7) is 13.8. The Kier molecular flexibility index (Phi) is 14.2. The van der Waals surface area contributed by atoms with Gasteiger partial charge in [-0.3, -0.25) is 0 Å². The lowest BCUT2D eigenvalue weighted by molar-refractivity contribution is 0.0240. The predicted octanol–water partition coefficient (Wildman–Crippen LogP) is 6.62. The van der Waals surface area contributed by atoms with Crippen LogP contribution in [-0.2, 0) is 29.3 Å². The van der Waals surface area contributed by atoms with E-state index in [0.29, 0.717) is 31.9 Å². The molecule has 1 N–H and O–H groups in total. The van der Waals surface area contributed by atoms with E-state index in [1.165, 1.54) is 12.8 Å². The second kappa shape index (κ2) is 19.2. The van der Waals surface area contributed by atoms with Crippen LogP contribution in [0.5, 0.6) is 11.5 Å². The lowest BCUT2D eigenvalue weighted by Gasteiger charge is -2.36. The van der Waals surface area contributed by atoms with Gasteiger partial charge >= 0.3 is 12.1 Å². The molecule has 11 heteroatoms. The highest BCUT2D eigenvalue weighted by molar-refractivity contribution is 5.89. The Morgan fingerprint density at radius 2 is 1.04 bits per heavy atom. The van der Waals surface area contributed by atoms with Crippen LogP contribution in [0.2, 0.25) is 0 Å². The minimum Gasteiger partial charge on any atom is -0.489 e. The number of methoxy groups -OCH3 is 1. The second-order valence-corrected chi connectivity index (χ2v) is 14.5. The van der Waals surface area contributed by atoms with Crippen molar-refractivity contribution in [1.82, 2.24) is 9.80 Å². The fourth-order valence-electron chi connectivity index (χ4n) is 5.97. The molecule has 0 bridgehead atoms. The van der Waals surface area contributed by atoms with Crippen molar-refractivity contribution in [1.29, 1.82) is 0 Å². The Bertz CT molecular complexity index is 1740. The van der Waals surface area contributed by atoms with Gasteiger partial charge in [-0.05, 0) is 105 Å². The maximum absolute atomic E-state index is 12.2. The fourth-order valence-corrected chi connectivity index (χ4v) is 5.97. The first-order chi connectivity index (χ1) is 26.0. The van der Waals surface area contributed by atoms with Crippen LogP contribution in [-0.4, -0.2) is 99.1 Å². The zero-order valence-electron chi connectivity index (χ0n) is 32.2. The number of carbonyl (C=O) groups excluding carboxylic acids is 2. The molecular weight excluding hydrogens is 684 g/mol. The third kappa shape index (κ3) is 12.1. The van der Waals surface area contributed by atoms with E-state index in [-0.39, 0.29) is 18.7 Å². The molecule has 288 valence electrons. The lowest BCUT2D eigenvalue weighted by Crippen LogP contribution is -2.50. The summed E-state index contributed by atoms with van der Waals surface area (Å²) in [6, 6.07) is 31.3. The Labute approximate surface area is 319 Å². The summed E-state index contributed by atoms with van der Waals surface area (Å²) in [7, 11) is 3.53. The Hall–Kier alpha value is -5.26. The van der Waals surface area contributed by atoms with Crippen molar-refractivity contribution in [2.75, 3.05) is 76.3 Å². The van der Waals surface area contributed by atoms with Crippen molar-refractivity contribution < 1.29 is 33.6 Å². The van der Waals surface area contributed by atoms with Crippen LogP contribution in [0.1, 0.15) is 47.8 Å². The van der Waals surface area contributed by atoms with E-state index < -0.39 is 5.60 Å². The maximum Gasteiger partial charge on any atom is 0.410 e. The van der Waals surface area contributed by atoms with E-state index >= 15 is 0 Å². The molecule has 0 unspecified atom stereocenters. The SMILES string of the molecule is CN1CCN(c2ccc(OCc3ccc(CO)cc3)cc2)CC1.COC(=O)c1ccc(COc2ccc(N3CCN(C(=O)OC(C)(C)C)CC3)cc2)cc1. The Balaban J connectivity index is 0.000000217. The van der Waals surface area contributed by atoms with Gasteiger partial charge in [-0.2, -0.15) is 0 Å². The second-order valence-electron chi connectivity index (χ2n) is 14.5. The number of aliphatic hydroxyl groups is 1. The van der Waals surface area contributed by atoms with Gasteiger partial charge in [-0.25, -0.2) is 9.59 Å². The summed E-state index contributed by atoms with van der Waals surface area (Å²) in [4.78, 5) is 32.5. The molecule has 0 radical (unpaired) electrons. The molecule has 4 aromatic rings. The Morgan fingerprint density at radius 1 is 0.611 bits per heavy atom. The van der Waals surface area contributed by atoms with Crippen molar-refractivity contribution in [3.05, 3.63) is 119 Å². The van der Waals surface area contributed by atoms with Crippen LogP contribution in [0, 0.1) is 0 Å². The molecule has 0 saturated carbocycles. The number of carbonyl (C=O) groups is 2. The number of hydrogen-bond donors (Lipinski definition) is 1. The first-order valence-electron chi connectivity index (χ1n) is 18.5. The molecule has 2 saturated heterocycles. The number of rotatable bonds is 10. The highest BCUT2D eigenvalue weighted by Gasteiger charge is 2.26. The van der Waals surface area contributed by atoms with Crippen molar-refractivity contribution in [3.63, 3.8) is 0 Å². The van der Waals surface area contributed by atoms with Gasteiger partial charge in [0.25, 0.3) is 0 Å². The van der Waals surface area contributed by atoms with Crippen LogP contribution in [0.4, 0.5) is 16.2 Å². The van der Waals surface area contributed by atoms with Crippen LogP contribution >= 0.6 is 0 Å². The molecule has 54 heavy (non-hydrogen) atoms. The molecule has 2 aliphatic rings. The fraction of sp³-hybridized carbons (Fsp3) is 0.395. The van der Waals surface area contributed by atoms with Crippen LogP contribution < -0.4 is 19.3 Å². The smallest absolute Gasteiger partial charge is 0.410 e. The molecule has 6 rings (SSSR count).